The molecule has 1 aliphatic rings. The molecule has 0 bridgehead atoms. The highest BCUT2D eigenvalue weighted by atomic mass is 16.5. The fourth-order valence-corrected chi connectivity index (χ4v) is 4.29. The average Bonchev–Trinajstić information content (AvgIpc) is 3.22. The Morgan fingerprint density at radius 1 is 1.17 bits per heavy atom. The van der Waals surface area contributed by atoms with E-state index in [1.165, 1.54) is 16.7 Å². The van der Waals surface area contributed by atoms with Crippen LogP contribution in [-0.2, 0) is 6.54 Å². The van der Waals surface area contributed by atoms with Crippen LogP contribution in [0.2, 0.25) is 0 Å². The minimum Gasteiger partial charge on any atom is -0.496 e. The largest absolute Gasteiger partial charge is 0.496 e. The van der Waals surface area contributed by atoms with Crippen molar-refractivity contribution >= 4 is 16.9 Å². The highest BCUT2D eigenvalue weighted by Gasteiger charge is 2.29. The summed E-state index contributed by atoms with van der Waals surface area (Å²) in [5.41, 5.74) is 4.65. The van der Waals surface area contributed by atoms with E-state index in [4.69, 9.17) is 4.74 Å². The molecule has 1 aromatic carbocycles. The smallest absolute Gasteiger partial charge is 0.142 e. The molecule has 0 radical (unpaired) electrons. The van der Waals surface area contributed by atoms with Gasteiger partial charge in [-0.25, -0.2) is 9.97 Å². The van der Waals surface area contributed by atoms with Gasteiger partial charge in [0.2, 0.25) is 0 Å². The number of hydrogen-bond donors (Lipinski definition) is 2. The van der Waals surface area contributed by atoms with Gasteiger partial charge in [-0.3, -0.25) is 4.90 Å². The van der Waals surface area contributed by atoms with E-state index in [1.54, 1.807) is 13.4 Å². The molecule has 0 saturated carbocycles. The molecule has 2 aromatic heterocycles. The van der Waals surface area contributed by atoms with Gasteiger partial charge in [-0.15, -0.1) is 0 Å². The number of methoxy groups -OCH3 is 1. The number of benzene rings is 1. The number of ether oxygens (including phenoxy) is 1. The van der Waals surface area contributed by atoms with Crippen molar-refractivity contribution in [3.63, 3.8) is 0 Å². The topological polar surface area (TPSA) is 77.5 Å². The molecule has 154 valence electrons. The van der Waals surface area contributed by atoms with Gasteiger partial charge in [0.15, 0.2) is 0 Å². The molecule has 4 rings (SSSR count). The third kappa shape index (κ3) is 3.80. The lowest BCUT2D eigenvalue weighted by atomic mass is 10.00. The lowest BCUT2D eigenvalue weighted by molar-refractivity contribution is 0.135. The fraction of sp³-hybridized carbons (Fsp3) is 0.455. The van der Waals surface area contributed by atoms with Crippen LogP contribution in [0.3, 0.4) is 0 Å². The monoisotopic (exact) mass is 395 g/mol. The van der Waals surface area contributed by atoms with Gasteiger partial charge in [-0.2, -0.15) is 0 Å². The first-order chi connectivity index (χ1) is 14.1. The third-order valence-corrected chi connectivity index (χ3v) is 6.14. The minimum absolute atomic E-state index is 0.180. The predicted molar refractivity (Wildman–Crippen MR) is 114 cm³/mol. The number of aliphatic hydroxyl groups excluding tert-OH is 1. The van der Waals surface area contributed by atoms with E-state index in [0.29, 0.717) is 0 Å². The molecule has 0 amide bonds. The molecule has 1 aliphatic heterocycles. The van der Waals surface area contributed by atoms with Crippen LogP contribution in [0.1, 0.15) is 23.1 Å². The lowest BCUT2D eigenvalue weighted by Gasteiger charge is -2.42. The molecule has 1 unspecified atom stereocenters. The zero-order valence-corrected chi connectivity index (χ0v) is 17.4. The standard InChI is InChI=1S/C22H29N5O2/c1-15-16(2)20(29-3)5-4-17(15)12-26-9-10-27(13-18(26)7-11-28)22-19-6-8-23-21(19)24-14-25-22/h4-6,8,14,18,28H,7,9-13H2,1-3H3,(H,23,24,25). The number of anilines is 1. The van der Waals surface area contributed by atoms with Crippen LogP contribution in [0.5, 0.6) is 5.75 Å². The maximum Gasteiger partial charge on any atom is 0.142 e. The van der Waals surface area contributed by atoms with Gasteiger partial charge in [0.05, 0.1) is 12.5 Å². The van der Waals surface area contributed by atoms with E-state index < -0.39 is 0 Å². The molecule has 1 atom stereocenters. The summed E-state index contributed by atoms with van der Waals surface area (Å²) in [7, 11) is 1.71. The molecule has 3 heterocycles. The lowest BCUT2D eigenvalue weighted by Crippen LogP contribution is -2.53. The molecule has 3 aromatic rings. The van der Waals surface area contributed by atoms with Gasteiger partial charge in [-0.1, -0.05) is 6.07 Å². The van der Waals surface area contributed by atoms with E-state index in [1.807, 2.05) is 12.3 Å². The molecule has 0 spiro atoms. The van der Waals surface area contributed by atoms with Crippen LogP contribution < -0.4 is 9.64 Å². The maximum absolute atomic E-state index is 9.67. The highest BCUT2D eigenvalue weighted by Crippen LogP contribution is 2.28. The summed E-state index contributed by atoms with van der Waals surface area (Å²) in [4.78, 5) is 16.8. The molecule has 1 saturated heterocycles. The van der Waals surface area contributed by atoms with Crippen molar-refractivity contribution in [2.24, 2.45) is 0 Å². The summed E-state index contributed by atoms with van der Waals surface area (Å²) in [6, 6.07) is 6.51. The second kappa shape index (κ2) is 8.39. The quantitative estimate of drug-likeness (QED) is 0.668. The van der Waals surface area contributed by atoms with Crippen molar-refractivity contribution in [3.05, 3.63) is 47.4 Å². The molecule has 7 heteroatoms. The fourth-order valence-electron chi connectivity index (χ4n) is 4.29. The van der Waals surface area contributed by atoms with E-state index >= 15 is 0 Å². The Hall–Kier alpha value is -2.64. The Balaban J connectivity index is 1.55. The van der Waals surface area contributed by atoms with Gasteiger partial charge in [0.25, 0.3) is 0 Å². The number of H-pyrrole nitrogens is 1. The maximum atomic E-state index is 9.67. The number of piperazine rings is 1. The van der Waals surface area contributed by atoms with Crippen molar-refractivity contribution < 1.29 is 9.84 Å². The van der Waals surface area contributed by atoms with Crippen LogP contribution in [0, 0.1) is 13.8 Å². The normalized spacial score (nSPS) is 17.8. The number of aromatic nitrogens is 3. The minimum atomic E-state index is 0.180. The van der Waals surface area contributed by atoms with Crippen LogP contribution >= 0.6 is 0 Å². The molecule has 0 aliphatic carbocycles. The van der Waals surface area contributed by atoms with E-state index in [0.717, 1.165) is 55.2 Å². The summed E-state index contributed by atoms with van der Waals surface area (Å²) >= 11 is 0. The molecule has 7 nitrogen and oxygen atoms in total. The van der Waals surface area contributed by atoms with Gasteiger partial charge >= 0.3 is 0 Å². The van der Waals surface area contributed by atoms with Crippen molar-refractivity contribution in [1.82, 2.24) is 19.9 Å². The van der Waals surface area contributed by atoms with Gasteiger partial charge < -0.3 is 19.7 Å². The number of nitrogens with zero attached hydrogens (tertiary/aromatic N) is 4. The number of aromatic amines is 1. The van der Waals surface area contributed by atoms with E-state index in [9.17, 15) is 5.11 Å². The molecular formula is C22H29N5O2. The third-order valence-electron chi connectivity index (χ3n) is 6.14. The van der Waals surface area contributed by atoms with Gasteiger partial charge in [0.1, 0.15) is 23.5 Å². The van der Waals surface area contributed by atoms with E-state index in [2.05, 4.69) is 50.7 Å². The second-order valence-corrected chi connectivity index (χ2v) is 7.70. The Morgan fingerprint density at radius 2 is 2.03 bits per heavy atom. The Kier molecular flexibility index (Phi) is 5.69. The Bertz CT molecular complexity index is 986. The summed E-state index contributed by atoms with van der Waals surface area (Å²) in [5, 5.41) is 10.7. The first-order valence-electron chi connectivity index (χ1n) is 10.1. The second-order valence-electron chi connectivity index (χ2n) is 7.70. The van der Waals surface area contributed by atoms with Crippen molar-refractivity contribution in [2.75, 3.05) is 38.3 Å². The first-order valence-corrected chi connectivity index (χ1v) is 10.1. The first kappa shape index (κ1) is 19.7. The molecular weight excluding hydrogens is 366 g/mol. The zero-order chi connectivity index (χ0) is 20.4. The number of nitrogens with one attached hydrogen (secondary N) is 1. The van der Waals surface area contributed by atoms with Gasteiger partial charge in [-0.05, 0) is 49.1 Å². The Labute approximate surface area is 171 Å². The molecule has 2 N–H and O–H groups in total. The van der Waals surface area contributed by atoms with Crippen molar-refractivity contribution in [1.29, 1.82) is 0 Å². The van der Waals surface area contributed by atoms with Crippen LogP contribution in [0.15, 0.2) is 30.7 Å². The van der Waals surface area contributed by atoms with Gasteiger partial charge in [0, 0.05) is 45.0 Å². The van der Waals surface area contributed by atoms with Crippen molar-refractivity contribution in [3.8, 4) is 5.75 Å². The van der Waals surface area contributed by atoms with Crippen LogP contribution in [-0.4, -0.2) is 64.4 Å². The predicted octanol–water partition coefficient (Wildman–Crippen LogP) is 2.66. The van der Waals surface area contributed by atoms with E-state index in [-0.39, 0.29) is 12.6 Å². The Morgan fingerprint density at radius 3 is 2.83 bits per heavy atom. The number of fused-ring (bicyclic) bond motifs is 1. The summed E-state index contributed by atoms with van der Waals surface area (Å²) in [5.74, 6) is 1.90. The molecule has 29 heavy (non-hydrogen) atoms. The number of rotatable bonds is 6. The van der Waals surface area contributed by atoms with Crippen molar-refractivity contribution in [2.45, 2.75) is 32.9 Å². The summed E-state index contributed by atoms with van der Waals surface area (Å²) in [6.07, 6.45) is 4.26. The highest BCUT2D eigenvalue weighted by molar-refractivity contribution is 5.87. The summed E-state index contributed by atoms with van der Waals surface area (Å²) in [6.45, 7) is 7.98. The van der Waals surface area contributed by atoms with Crippen LogP contribution in [0.25, 0.3) is 11.0 Å². The molecule has 1 fully saturated rings. The average molecular weight is 396 g/mol. The summed E-state index contributed by atoms with van der Waals surface area (Å²) < 4.78 is 5.45. The number of aliphatic hydroxyl groups is 1. The number of hydrogen-bond acceptors (Lipinski definition) is 6. The SMILES string of the molecule is COc1ccc(CN2CCN(c3ncnc4[nH]ccc34)CC2CCO)c(C)c1C. The zero-order valence-electron chi connectivity index (χ0n) is 17.4. The van der Waals surface area contributed by atoms with Crippen LogP contribution in [0.4, 0.5) is 5.82 Å².